The van der Waals surface area contributed by atoms with Gasteiger partial charge in [0, 0.05) is 12.1 Å². The Labute approximate surface area is 173 Å². The lowest BCUT2D eigenvalue weighted by molar-refractivity contribution is 0.0998. The Bertz CT molecular complexity index is 1210. The summed E-state index contributed by atoms with van der Waals surface area (Å²) >= 11 is 1.56. The SMILES string of the molecule is CCCn1c(=NC(=O)c2ccc(Oc3ccccc3)cc2)sc2cc(C)ccc21. The van der Waals surface area contributed by atoms with Crippen LogP contribution in [0.25, 0.3) is 10.2 Å². The van der Waals surface area contributed by atoms with E-state index in [9.17, 15) is 4.79 Å². The van der Waals surface area contributed by atoms with Crippen LogP contribution in [0.4, 0.5) is 0 Å². The summed E-state index contributed by atoms with van der Waals surface area (Å²) in [5.74, 6) is 1.20. The van der Waals surface area contributed by atoms with Gasteiger partial charge in [-0.15, -0.1) is 0 Å². The third kappa shape index (κ3) is 4.30. The first-order valence-corrected chi connectivity index (χ1v) is 10.5. The molecule has 146 valence electrons. The summed E-state index contributed by atoms with van der Waals surface area (Å²) in [6, 6.07) is 23.0. The molecular weight excluding hydrogens is 380 g/mol. The maximum Gasteiger partial charge on any atom is 0.279 e. The van der Waals surface area contributed by atoms with Crippen molar-refractivity contribution in [2.45, 2.75) is 26.8 Å². The highest BCUT2D eigenvalue weighted by molar-refractivity contribution is 7.16. The molecule has 0 saturated carbocycles. The molecule has 0 saturated heterocycles. The van der Waals surface area contributed by atoms with E-state index >= 15 is 0 Å². The van der Waals surface area contributed by atoms with E-state index in [0.717, 1.165) is 33.7 Å². The first kappa shape index (κ1) is 19.2. The fraction of sp³-hybridized carbons (Fsp3) is 0.167. The second-order valence-corrected chi connectivity index (χ2v) is 7.87. The highest BCUT2D eigenvalue weighted by Crippen LogP contribution is 2.22. The summed E-state index contributed by atoms with van der Waals surface area (Å²) in [6.07, 6.45) is 0.979. The zero-order valence-electron chi connectivity index (χ0n) is 16.5. The van der Waals surface area contributed by atoms with Gasteiger partial charge in [-0.25, -0.2) is 0 Å². The molecular formula is C24H22N2O2S. The van der Waals surface area contributed by atoms with E-state index < -0.39 is 0 Å². The molecule has 4 rings (SSSR count). The van der Waals surface area contributed by atoms with Crippen molar-refractivity contribution < 1.29 is 9.53 Å². The number of thiazole rings is 1. The zero-order valence-corrected chi connectivity index (χ0v) is 17.3. The number of benzene rings is 3. The molecule has 5 heteroatoms. The standard InChI is InChI=1S/C24H22N2O2S/c1-3-15-26-21-14-9-17(2)16-22(21)29-24(26)25-23(27)18-10-12-20(13-11-18)28-19-7-5-4-6-8-19/h4-14,16H,3,15H2,1-2H3. The Morgan fingerprint density at radius 1 is 1.00 bits per heavy atom. The summed E-state index contributed by atoms with van der Waals surface area (Å²) < 4.78 is 9.07. The molecule has 0 fully saturated rings. The Kier molecular flexibility index (Phi) is 5.58. The lowest BCUT2D eigenvalue weighted by Gasteiger charge is -2.05. The number of aryl methyl sites for hydroxylation is 2. The second-order valence-electron chi connectivity index (χ2n) is 6.86. The smallest absolute Gasteiger partial charge is 0.279 e. The van der Waals surface area contributed by atoms with Crippen molar-refractivity contribution in [3.05, 3.63) is 88.7 Å². The van der Waals surface area contributed by atoms with E-state index in [2.05, 4.69) is 41.6 Å². The number of para-hydroxylation sites is 1. The van der Waals surface area contributed by atoms with E-state index in [4.69, 9.17) is 4.74 Å². The fourth-order valence-corrected chi connectivity index (χ4v) is 4.30. The van der Waals surface area contributed by atoms with Crippen molar-refractivity contribution in [3.8, 4) is 11.5 Å². The number of rotatable bonds is 5. The summed E-state index contributed by atoms with van der Waals surface area (Å²) in [4.78, 5) is 17.9. The summed E-state index contributed by atoms with van der Waals surface area (Å²) in [7, 11) is 0. The number of carbonyl (C=O) groups excluding carboxylic acids is 1. The monoisotopic (exact) mass is 402 g/mol. The normalized spacial score (nSPS) is 11.7. The van der Waals surface area contributed by atoms with E-state index in [0.29, 0.717) is 11.3 Å². The lowest BCUT2D eigenvalue weighted by atomic mass is 10.2. The Morgan fingerprint density at radius 2 is 1.72 bits per heavy atom. The molecule has 0 spiro atoms. The molecule has 1 heterocycles. The fourth-order valence-electron chi connectivity index (χ4n) is 3.15. The average Bonchev–Trinajstić information content (AvgIpc) is 3.05. The number of amides is 1. The van der Waals surface area contributed by atoms with Crippen molar-refractivity contribution in [1.29, 1.82) is 0 Å². The Hall–Kier alpha value is -3.18. The first-order chi connectivity index (χ1) is 14.1. The number of hydrogen-bond acceptors (Lipinski definition) is 3. The number of hydrogen-bond donors (Lipinski definition) is 0. The summed E-state index contributed by atoms with van der Waals surface area (Å²) in [5, 5.41) is 0. The molecule has 0 atom stereocenters. The molecule has 0 N–H and O–H groups in total. The predicted octanol–water partition coefficient (Wildman–Crippen LogP) is 5.95. The number of carbonyl (C=O) groups is 1. The first-order valence-electron chi connectivity index (χ1n) is 9.66. The quantitative estimate of drug-likeness (QED) is 0.414. The molecule has 29 heavy (non-hydrogen) atoms. The van der Waals surface area contributed by atoms with E-state index in [-0.39, 0.29) is 5.91 Å². The molecule has 1 aromatic heterocycles. The number of nitrogens with zero attached hydrogens (tertiary/aromatic N) is 2. The van der Waals surface area contributed by atoms with Crippen molar-refractivity contribution in [2.75, 3.05) is 0 Å². The van der Waals surface area contributed by atoms with E-state index in [1.165, 1.54) is 5.56 Å². The van der Waals surface area contributed by atoms with Crippen molar-refractivity contribution in [1.82, 2.24) is 4.57 Å². The van der Waals surface area contributed by atoms with Gasteiger partial charge in [0.25, 0.3) is 5.91 Å². The van der Waals surface area contributed by atoms with Gasteiger partial charge in [0.2, 0.25) is 0 Å². The van der Waals surface area contributed by atoms with Gasteiger partial charge in [-0.05, 0) is 67.4 Å². The second kappa shape index (κ2) is 8.45. The van der Waals surface area contributed by atoms with Gasteiger partial charge >= 0.3 is 0 Å². The zero-order chi connectivity index (χ0) is 20.2. The summed E-state index contributed by atoms with van der Waals surface area (Å²) in [6.45, 7) is 5.03. The Balaban J connectivity index is 1.63. The molecule has 3 aromatic carbocycles. The molecule has 0 unspecified atom stereocenters. The van der Waals surface area contributed by atoms with Crippen molar-refractivity contribution in [3.63, 3.8) is 0 Å². The minimum Gasteiger partial charge on any atom is -0.457 e. The predicted molar refractivity (Wildman–Crippen MR) is 118 cm³/mol. The van der Waals surface area contributed by atoms with Crippen LogP contribution in [-0.2, 0) is 6.54 Å². The maximum atomic E-state index is 12.8. The minimum absolute atomic E-state index is 0.246. The van der Waals surface area contributed by atoms with Crippen LogP contribution < -0.4 is 9.54 Å². The van der Waals surface area contributed by atoms with Gasteiger partial charge in [0.15, 0.2) is 4.80 Å². The minimum atomic E-state index is -0.246. The molecule has 0 aliphatic carbocycles. The van der Waals surface area contributed by atoms with Crippen LogP contribution in [0, 0.1) is 6.92 Å². The van der Waals surface area contributed by atoms with E-state index in [1.807, 2.05) is 30.3 Å². The van der Waals surface area contributed by atoms with Crippen molar-refractivity contribution in [2.24, 2.45) is 4.99 Å². The molecule has 0 aliphatic heterocycles. The van der Waals surface area contributed by atoms with Gasteiger partial charge in [-0.2, -0.15) is 4.99 Å². The highest BCUT2D eigenvalue weighted by atomic mass is 32.1. The van der Waals surface area contributed by atoms with Gasteiger partial charge in [-0.3, -0.25) is 4.79 Å². The topological polar surface area (TPSA) is 43.6 Å². The highest BCUT2D eigenvalue weighted by Gasteiger charge is 2.09. The molecule has 1 amide bonds. The van der Waals surface area contributed by atoms with Crippen molar-refractivity contribution >= 4 is 27.5 Å². The van der Waals surface area contributed by atoms with Crippen LogP contribution in [0.3, 0.4) is 0 Å². The van der Waals surface area contributed by atoms with Crippen LogP contribution in [0.5, 0.6) is 11.5 Å². The van der Waals surface area contributed by atoms with Gasteiger partial charge in [-0.1, -0.05) is 42.5 Å². The molecule has 0 radical (unpaired) electrons. The molecule has 0 aliphatic rings. The number of ether oxygens (including phenoxy) is 1. The average molecular weight is 403 g/mol. The number of fused-ring (bicyclic) bond motifs is 1. The van der Waals surface area contributed by atoms with Gasteiger partial charge in [0.05, 0.1) is 10.2 Å². The summed E-state index contributed by atoms with van der Waals surface area (Å²) in [5.41, 5.74) is 2.87. The third-order valence-corrected chi connectivity index (χ3v) is 5.60. The molecule has 4 nitrogen and oxygen atoms in total. The van der Waals surface area contributed by atoms with E-state index in [1.54, 1.807) is 35.6 Å². The van der Waals surface area contributed by atoms with Gasteiger partial charge < -0.3 is 9.30 Å². The lowest BCUT2D eigenvalue weighted by Crippen LogP contribution is -2.16. The van der Waals surface area contributed by atoms with Crippen LogP contribution in [0.15, 0.2) is 77.8 Å². The Morgan fingerprint density at radius 3 is 2.45 bits per heavy atom. The van der Waals surface area contributed by atoms with Gasteiger partial charge in [0.1, 0.15) is 11.5 Å². The van der Waals surface area contributed by atoms with Crippen LogP contribution >= 0.6 is 11.3 Å². The molecule has 0 bridgehead atoms. The van der Waals surface area contributed by atoms with Crippen LogP contribution in [0.2, 0.25) is 0 Å². The van der Waals surface area contributed by atoms with Crippen LogP contribution in [0.1, 0.15) is 29.3 Å². The molecule has 4 aromatic rings. The van der Waals surface area contributed by atoms with Crippen LogP contribution in [-0.4, -0.2) is 10.5 Å². The number of aromatic nitrogens is 1. The largest absolute Gasteiger partial charge is 0.457 e. The third-order valence-electron chi connectivity index (χ3n) is 4.56. The maximum absolute atomic E-state index is 12.8.